The van der Waals surface area contributed by atoms with E-state index in [1.54, 1.807) is 6.92 Å². The van der Waals surface area contributed by atoms with Crippen LogP contribution in [0.15, 0.2) is 50.3 Å². The third-order valence-corrected chi connectivity index (χ3v) is 5.46. The summed E-state index contributed by atoms with van der Waals surface area (Å²) in [6.45, 7) is 3.68. The van der Waals surface area contributed by atoms with Gasteiger partial charge in [0.1, 0.15) is 18.5 Å². The molecule has 0 saturated carbocycles. The van der Waals surface area contributed by atoms with Crippen molar-refractivity contribution in [1.29, 1.82) is 0 Å². The summed E-state index contributed by atoms with van der Waals surface area (Å²) >= 11 is 6.76. The number of fused-ring (bicyclic) bond motifs is 1. The first-order chi connectivity index (χ1) is 13.4. The number of ether oxygens (including phenoxy) is 1. The fraction of sp³-hybridized carbons (Fsp3) is 0.474. The van der Waals surface area contributed by atoms with Gasteiger partial charge in [0.15, 0.2) is 17.9 Å². The van der Waals surface area contributed by atoms with E-state index in [0.717, 1.165) is 6.42 Å². The lowest BCUT2D eigenvalue weighted by Crippen LogP contribution is -2.51. The summed E-state index contributed by atoms with van der Waals surface area (Å²) in [5.41, 5.74) is 1.17. The van der Waals surface area contributed by atoms with Crippen LogP contribution in [-0.2, 0) is 11.2 Å². The minimum Gasteiger partial charge on any atom is -0.388 e. The molecular weight excluding hydrogens is 382 g/mol. The summed E-state index contributed by atoms with van der Waals surface area (Å²) in [4.78, 5) is 17.7. The SMILES string of the molecule is CC(Cc1ccccc1)N=C1N=CN=C2N([C@H]3O[C@H](C)[C@@H](O)[C@H]3O)C=NC12Cl. The van der Waals surface area contributed by atoms with Crippen molar-refractivity contribution in [2.45, 2.75) is 55.8 Å². The molecule has 3 aliphatic rings. The summed E-state index contributed by atoms with van der Waals surface area (Å²) < 4.78 is 5.67. The molecular formula is C19H22ClN5O3. The highest BCUT2D eigenvalue weighted by atomic mass is 35.5. The Balaban J connectivity index is 1.55. The maximum atomic E-state index is 10.3. The molecule has 0 amide bonds. The number of halogens is 1. The van der Waals surface area contributed by atoms with Gasteiger partial charge < -0.3 is 14.9 Å². The smallest absolute Gasteiger partial charge is 0.251 e. The number of aliphatic hydroxyl groups is 2. The molecule has 3 heterocycles. The number of aliphatic hydroxyl groups excluding tert-OH is 2. The van der Waals surface area contributed by atoms with Crippen molar-refractivity contribution in [3.63, 3.8) is 0 Å². The molecule has 4 rings (SSSR count). The highest BCUT2D eigenvalue weighted by molar-refractivity contribution is 6.51. The van der Waals surface area contributed by atoms with Gasteiger partial charge in [-0.25, -0.2) is 15.0 Å². The van der Waals surface area contributed by atoms with Crippen molar-refractivity contribution in [1.82, 2.24) is 4.90 Å². The molecule has 8 nitrogen and oxygen atoms in total. The lowest BCUT2D eigenvalue weighted by Gasteiger charge is -2.30. The Morgan fingerprint density at radius 1 is 1.29 bits per heavy atom. The van der Waals surface area contributed by atoms with Crippen LogP contribution in [0.3, 0.4) is 0 Å². The molecule has 0 bridgehead atoms. The Hall–Kier alpha value is -2.13. The average Bonchev–Trinajstić information content (AvgIpc) is 3.15. The van der Waals surface area contributed by atoms with Crippen LogP contribution in [0.5, 0.6) is 0 Å². The Bertz CT molecular complexity index is 858. The van der Waals surface area contributed by atoms with Crippen molar-refractivity contribution in [3.05, 3.63) is 35.9 Å². The molecule has 2 unspecified atom stereocenters. The van der Waals surface area contributed by atoms with Gasteiger partial charge in [-0.2, -0.15) is 0 Å². The van der Waals surface area contributed by atoms with Gasteiger partial charge in [0.2, 0.25) is 0 Å². The number of amidine groups is 2. The molecule has 0 aliphatic carbocycles. The standard InChI is InChI=1S/C19H22ClN5O3/c1-11(8-13-6-4-3-5-7-13)24-17-19(20)18(22-9-21-17)25(10-23-19)16-15(27)14(26)12(2)28-16/h3-7,9-12,14-16,26-27H,8H2,1-2H3/t11?,12-,14-,15-,16+,19?/m1/s1. The zero-order valence-electron chi connectivity index (χ0n) is 15.6. The number of benzene rings is 1. The van der Waals surface area contributed by atoms with Crippen LogP contribution in [0.2, 0.25) is 0 Å². The van der Waals surface area contributed by atoms with Crippen LogP contribution < -0.4 is 0 Å². The third-order valence-electron chi connectivity index (χ3n) is 5.03. The van der Waals surface area contributed by atoms with Gasteiger partial charge >= 0.3 is 0 Å². The van der Waals surface area contributed by atoms with Gasteiger partial charge in [-0.3, -0.25) is 9.89 Å². The van der Waals surface area contributed by atoms with Gasteiger partial charge in [0, 0.05) is 0 Å². The predicted octanol–water partition coefficient (Wildman–Crippen LogP) is 1.20. The minimum absolute atomic E-state index is 0.0658. The second-order valence-electron chi connectivity index (χ2n) is 7.18. The van der Waals surface area contributed by atoms with Gasteiger partial charge in [-0.05, 0) is 25.8 Å². The lowest BCUT2D eigenvalue weighted by molar-refractivity contribution is -0.0306. The van der Waals surface area contributed by atoms with E-state index in [-0.39, 0.29) is 6.04 Å². The molecule has 1 saturated heterocycles. The van der Waals surface area contributed by atoms with E-state index in [1.807, 2.05) is 37.3 Å². The number of hydrogen-bond acceptors (Lipinski definition) is 7. The fourth-order valence-electron chi connectivity index (χ4n) is 3.53. The monoisotopic (exact) mass is 403 g/mol. The normalized spacial score (nSPS) is 36.7. The first-order valence-corrected chi connectivity index (χ1v) is 9.55. The van der Waals surface area contributed by atoms with E-state index in [9.17, 15) is 10.2 Å². The molecule has 2 N–H and O–H groups in total. The van der Waals surface area contributed by atoms with Crippen molar-refractivity contribution < 1.29 is 14.9 Å². The van der Waals surface area contributed by atoms with Crippen molar-refractivity contribution in [3.8, 4) is 0 Å². The second-order valence-corrected chi connectivity index (χ2v) is 7.72. The number of hydrogen-bond donors (Lipinski definition) is 2. The summed E-state index contributed by atoms with van der Waals surface area (Å²) in [6, 6.07) is 9.98. The van der Waals surface area contributed by atoms with Crippen LogP contribution >= 0.6 is 11.6 Å². The van der Waals surface area contributed by atoms with Crippen LogP contribution in [0.1, 0.15) is 19.4 Å². The predicted molar refractivity (Wildman–Crippen MR) is 108 cm³/mol. The molecule has 148 valence electrons. The van der Waals surface area contributed by atoms with E-state index < -0.39 is 29.5 Å². The second kappa shape index (κ2) is 7.36. The Morgan fingerprint density at radius 3 is 2.71 bits per heavy atom. The third kappa shape index (κ3) is 3.26. The maximum Gasteiger partial charge on any atom is 0.251 e. The van der Waals surface area contributed by atoms with Crippen LogP contribution in [0.4, 0.5) is 0 Å². The lowest BCUT2D eigenvalue weighted by atomic mass is 10.1. The molecule has 1 aromatic carbocycles. The quantitative estimate of drug-likeness (QED) is 0.582. The maximum absolute atomic E-state index is 10.3. The van der Waals surface area contributed by atoms with E-state index in [0.29, 0.717) is 11.7 Å². The number of aliphatic imine (C=N–C) groups is 4. The topological polar surface area (TPSA) is 102 Å². The summed E-state index contributed by atoms with van der Waals surface area (Å²) in [5.74, 6) is 0.683. The molecule has 1 fully saturated rings. The van der Waals surface area contributed by atoms with E-state index >= 15 is 0 Å². The van der Waals surface area contributed by atoms with Gasteiger partial charge in [0.25, 0.3) is 5.00 Å². The molecule has 9 heteroatoms. The molecule has 6 atom stereocenters. The van der Waals surface area contributed by atoms with E-state index in [1.165, 1.54) is 23.1 Å². The van der Waals surface area contributed by atoms with Gasteiger partial charge in [-0.15, -0.1) is 0 Å². The molecule has 0 aromatic heterocycles. The highest BCUT2D eigenvalue weighted by Crippen LogP contribution is 2.35. The molecule has 28 heavy (non-hydrogen) atoms. The summed E-state index contributed by atoms with van der Waals surface area (Å²) in [5, 5.41) is 20.3. The minimum atomic E-state index is -1.38. The van der Waals surface area contributed by atoms with Gasteiger partial charge in [-0.1, -0.05) is 41.9 Å². The van der Waals surface area contributed by atoms with Crippen molar-refractivity contribution >= 4 is 35.9 Å². The van der Waals surface area contributed by atoms with E-state index in [4.69, 9.17) is 16.3 Å². The van der Waals surface area contributed by atoms with Crippen molar-refractivity contribution in [2.24, 2.45) is 20.0 Å². The van der Waals surface area contributed by atoms with Crippen LogP contribution in [0, 0.1) is 0 Å². The number of alkyl halides is 1. The van der Waals surface area contributed by atoms with Gasteiger partial charge in [0.05, 0.1) is 18.5 Å². The summed E-state index contributed by atoms with van der Waals surface area (Å²) in [6.07, 6.45) is 0.0999. The van der Waals surface area contributed by atoms with Crippen LogP contribution in [0.25, 0.3) is 0 Å². The number of nitrogens with zero attached hydrogens (tertiary/aromatic N) is 5. The zero-order valence-corrected chi connectivity index (χ0v) is 16.3. The highest BCUT2D eigenvalue weighted by Gasteiger charge is 2.53. The molecule has 0 spiro atoms. The summed E-state index contributed by atoms with van der Waals surface area (Å²) in [7, 11) is 0. The molecule has 1 aromatic rings. The Kier molecular flexibility index (Phi) is 5.05. The number of rotatable bonds is 4. The zero-order chi connectivity index (χ0) is 19.9. The Labute approximate surface area is 168 Å². The van der Waals surface area contributed by atoms with Crippen molar-refractivity contribution in [2.75, 3.05) is 0 Å². The fourth-order valence-corrected chi connectivity index (χ4v) is 3.82. The molecule has 0 radical (unpaired) electrons. The molecule has 3 aliphatic heterocycles. The average molecular weight is 404 g/mol. The van der Waals surface area contributed by atoms with Crippen LogP contribution in [-0.4, -0.2) is 75.0 Å². The van der Waals surface area contributed by atoms with E-state index in [2.05, 4.69) is 20.0 Å². The first-order valence-electron chi connectivity index (χ1n) is 9.17. The first kappa shape index (κ1) is 19.2. The largest absolute Gasteiger partial charge is 0.388 e. The Morgan fingerprint density at radius 2 is 2.04 bits per heavy atom.